The summed E-state index contributed by atoms with van der Waals surface area (Å²) < 4.78 is 6.46. The number of rotatable bonds is 6. The third-order valence-corrected chi connectivity index (χ3v) is 7.35. The number of hydrogen-bond donors (Lipinski definition) is 1. The van der Waals surface area contributed by atoms with Crippen LogP contribution in [0.15, 0.2) is 59.7 Å². The van der Waals surface area contributed by atoms with Gasteiger partial charge in [-0.25, -0.2) is 0 Å². The van der Waals surface area contributed by atoms with Gasteiger partial charge in [0.1, 0.15) is 5.75 Å². The number of nitrogens with one attached hydrogen (secondary N) is 1. The van der Waals surface area contributed by atoms with Crippen molar-refractivity contribution in [3.8, 4) is 5.75 Å². The minimum absolute atomic E-state index is 0.117. The molecular weight excluding hydrogens is 533 g/mol. The van der Waals surface area contributed by atoms with Gasteiger partial charge < -0.3 is 10.1 Å². The van der Waals surface area contributed by atoms with Gasteiger partial charge in [0, 0.05) is 5.69 Å². The number of nitrogens with zero attached hydrogens (tertiary/aromatic N) is 2. The smallest absolute Gasteiger partial charge is 0.262 e. The number of imide groups is 1. The van der Waals surface area contributed by atoms with Crippen molar-refractivity contribution < 1.29 is 19.1 Å². The molecule has 0 unspecified atom stereocenters. The topological polar surface area (TPSA) is 88.1 Å². The fraction of sp³-hybridized carbons (Fsp3) is 0.280. The van der Waals surface area contributed by atoms with Crippen LogP contribution in [0.2, 0.25) is 0 Å². The Labute approximate surface area is 205 Å². The Balaban J connectivity index is 1.20. The van der Waals surface area contributed by atoms with Crippen LogP contribution in [0.25, 0.3) is 0 Å². The molecule has 0 spiro atoms. The van der Waals surface area contributed by atoms with Crippen LogP contribution >= 0.6 is 22.6 Å². The molecule has 3 amide bonds. The van der Waals surface area contributed by atoms with Crippen LogP contribution in [0, 0.1) is 34.2 Å². The van der Waals surface area contributed by atoms with Gasteiger partial charge in [-0.1, -0.05) is 30.4 Å². The van der Waals surface area contributed by atoms with Gasteiger partial charge in [-0.3, -0.25) is 14.4 Å². The molecule has 1 N–H and O–H groups in total. The lowest BCUT2D eigenvalue weighted by Crippen LogP contribution is -2.28. The highest BCUT2D eigenvalue weighted by Crippen LogP contribution is 2.52. The molecule has 5 rings (SSSR count). The monoisotopic (exact) mass is 555 g/mol. The molecule has 2 bridgehead atoms. The second-order valence-electron chi connectivity index (χ2n) is 8.57. The average molecular weight is 555 g/mol. The number of halogens is 1. The quantitative estimate of drug-likeness (QED) is 0.255. The second-order valence-corrected chi connectivity index (χ2v) is 9.74. The fourth-order valence-corrected chi connectivity index (χ4v) is 5.58. The summed E-state index contributed by atoms with van der Waals surface area (Å²) in [6.45, 7) is 1.81. The zero-order chi connectivity index (χ0) is 23.1. The molecule has 1 aliphatic heterocycles. The summed E-state index contributed by atoms with van der Waals surface area (Å²) in [5, 5.41) is 8.08. The summed E-state index contributed by atoms with van der Waals surface area (Å²) in [6, 6.07) is 12.9. The van der Waals surface area contributed by atoms with Gasteiger partial charge in [0.2, 0.25) is 0 Å². The lowest BCUT2D eigenvalue weighted by Gasteiger charge is -2.13. The van der Waals surface area contributed by atoms with Gasteiger partial charge in [-0.15, -0.1) is 0 Å². The maximum atomic E-state index is 12.7. The normalized spacial score (nSPS) is 25.2. The number of carbonyl (C=O) groups is 3. The Bertz CT molecular complexity index is 1180. The molecule has 2 aliphatic carbocycles. The number of hydrogen-bond acceptors (Lipinski definition) is 5. The molecule has 2 fully saturated rings. The van der Waals surface area contributed by atoms with E-state index in [1.165, 1.54) is 6.21 Å². The first kappa shape index (κ1) is 21.8. The van der Waals surface area contributed by atoms with E-state index in [4.69, 9.17) is 4.74 Å². The van der Waals surface area contributed by atoms with E-state index in [1.54, 1.807) is 12.1 Å². The van der Waals surface area contributed by atoms with Gasteiger partial charge in [0.25, 0.3) is 17.7 Å². The third kappa shape index (κ3) is 4.07. The van der Waals surface area contributed by atoms with Crippen LogP contribution in [-0.4, -0.2) is 35.6 Å². The number of allylic oxidation sites excluding steroid dienone is 2. The van der Waals surface area contributed by atoms with Crippen LogP contribution in [0.5, 0.6) is 5.75 Å². The van der Waals surface area contributed by atoms with E-state index in [0.29, 0.717) is 5.75 Å². The van der Waals surface area contributed by atoms with Crippen molar-refractivity contribution in [3.05, 3.63) is 69.3 Å². The highest BCUT2D eigenvalue weighted by atomic mass is 127. The van der Waals surface area contributed by atoms with E-state index in [2.05, 4.69) is 45.2 Å². The Hall–Kier alpha value is -3.01. The molecule has 33 heavy (non-hydrogen) atoms. The number of fused-ring (bicyclic) bond motifs is 5. The molecule has 2 aromatic carbocycles. The van der Waals surface area contributed by atoms with Crippen molar-refractivity contribution in [1.29, 1.82) is 0 Å². The molecule has 2 aromatic rings. The van der Waals surface area contributed by atoms with E-state index in [0.717, 1.165) is 31.8 Å². The molecule has 1 saturated heterocycles. The highest BCUT2D eigenvalue weighted by Gasteiger charge is 2.59. The standard InChI is InChI=1S/C25H22IN3O4/c1-14-4-2-3-5-19(14)28-21(30)13-33-20-9-6-15(10-18(20)26)12-27-29-24(31)22-16-7-8-17(11-16)23(22)25(29)32/h2-10,12,16-17,22-23H,11,13H2,1H3,(H,28,30)/t16-,17-,22-,23+/m0/s1. The number of aryl methyl sites for hydroxylation is 1. The summed E-state index contributed by atoms with van der Waals surface area (Å²) in [5.74, 6) is -0.268. The summed E-state index contributed by atoms with van der Waals surface area (Å²) in [5.41, 5.74) is 2.47. The summed E-state index contributed by atoms with van der Waals surface area (Å²) in [7, 11) is 0. The first-order chi connectivity index (χ1) is 15.9. The number of carbonyl (C=O) groups excluding carboxylic acids is 3. The number of amides is 3. The van der Waals surface area contributed by atoms with Gasteiger partial charge in [0.05, 0.1) is 21.6 Å². The summed E-state index contributed by atoms with van der Waals surface area (Å²) in [4.78, 5) is 37.7. The van der Waals surface area contributed by atoms with Crippen LogP contribution in [0.3, 0.4) is 0 Å². The summed E-state index contributed by atoms with van der Waals surface area (Å²) in [6.07, 6.45) is 6.54. The third-order valence-electron chi connectivity index (χ3n) is 6.50. The fourth-order valence-electron chi connectivity index (χ4n) is 4.88. The minimum Gasteiger partial charge on any atom is -0.483 e. The number of hydrazone groups is 1. The van der Waals surface area contributed by atoms with Crippen molar-refractivity contribution in [2.75, 3.05) is 11.9 Å². The van der Waals surface area contributed by atoms with Gasteiger partial charge >= 0.3 is 0 Å². The lowest BCUT2D eigenvalue weighted by molar-refractivity contribution is -0.140. The zero-order valence-corrected chi connectivity index (χ0v) is 20.1. The Kier molecular flexibility index (Phi) is 5.77. The van der Waals surface area contributed by atoms with Crippen LogP contribution in [0.1, 0.15) is 17.5 Å². The number of ether oxygens (including phenoxy) is 1. The maximum Gasteiger partial charge on any atom is 0.262 e. The molecular formula is C25H22IN3O4. The molecule has 4 atom stereocenters. The molecule has 3 aliphatic rings. The molecule has 1 saturated carbocycles. The first-order valence-corrected chi connectivity index (χ1v) is 11.9. The molecule has 168 valence electrons. The van der Waals surface area contributed by atoms with Crippen molar-refractivity contribution in [3.63, 3.8) is 0 Å². The van der Waals surface area contributed by atoms with E-state index in [9.17, 15) is 14.4 Å². The number of benzene rings is 2. The highest BCUT2D eigenvalue weighted by molar-refractivity contribution is 14.1. The van der Waals surface area contributed by atoms with Crippen LogP contribution < -0.4 is 10.1 Å². The van der Waals surface area contributed by atoms with Crippen molar-refractivity contribution in [2.24, 2.45) is 28.8 Å². The Morgan fingerprint density at radius 3 is 2.52 bits per heavy atom. The molecule has 7 nitrogen and oxygen atoms in total. The van der Waals surface area contributed by atoms with E-state index < -0.39 is 0 Å². The first-order valence-electron chi connectivity index (χ1n) is 10.8. The second kappa shape index (κ2) is 8.74. The van der Waals surface area contributed by atoms with Crippen LogP contribution in [0.4, 0.5) is 5.69 Å². The van der Waals surface area contributed by atoms with Gasteiger partial charge in [0.15, 0.2) is 6.61 Å². The van der Waals surface area contributed by atoms with E-state index >= 15 is 0 Å². The number of para-hydroxylation sites is 1. The maximum absolute atomic E-state index is 12.7. The minimum atomic E-state index is -0.258. The lowest BCUT2D eigenvalue weighted by atomic mass is 9.85. The Morgan fingerprint density at radius 1 is 1.15 bits per heavy atom. The largest absolute Gasteiger partial charge is 0.483 e. The molecule has 0 aromatic heterocycles. The van der Waals surface area contributed by atoms with Crippen molar-refractivity contribution in [1.82, 2.24) is 5.01 Å². The van der Waals surface area contributed by atoms with Crippen molar-refractivity contribution in [2.45, 2.75) is 13.3 Å². The molecule has 0 radical (unpaired) electrons. The predicted molar refractivity (Wildman–Crippen MR) is 132 cm³/mol. The zero-order valence-electron chi connectivity index (χ0n) is 17.9. The van der Waals surface area contributed by atoms with Gasteiger partial charge in [-0.2, -0.15) is 10.1 Å². The van der Waals surface area contributed by atoms with Crippen molar-refractivity contribution >= 4 is 52.2 Å². The number of anilines is 1. The average Bonchev–Trinajstić information content (AvgIpc) is 3.47. The summed E-state index contributed by atoms with van der Waals surface area (Å²) >= 11 is 2.12. The van der Waals surface area contributed by atoms with Gasteiger partial charge in [-0.05, 0) is 83.2 Å². The van der Waals surface area contributed by atoms with E-state index in [-0.39, 0.29) is 48.0 Å². The molecule has 8 heteroatoms. The molecule has 1 heterocycles. The predicted octanol–water partition coefficient (Wildman–Crippen LogP) is 3.76. The SMILES string of the molecule is Cc1ccccc1NC(=O)COc1ccc(C=NN2C(=O)[C@@H]3[C@H](C2=O)[C@H]2C=C[C@H]3C2)cc1I. The van der Waals surface area contributed by atoms with E-state index in [1.807, 2.05) is 37.3 Å². The van der Waals surface area contributed by atoms with Crippen LogP contribution in [-0.2, 0) is 14.4 Å². The Morgan fingerprint density at radius 2 is 1.85 bits per heavy atom.